The maximum absolute atomic E-state index is 13.3. The van der Waals surface area contributed by atoms with Crippen molar-refractivity contribution in [2.24, 2.45) is 0 Å². The zero-order valence-electron chi connectivity index (χ0n) is 15.3. The molecule has 138 valence electrons. The third-order valence-electron chi connectivity index (χ3n) is 5.09. The van der Waals surface area contributed by atoms with E-state index in [4.69, 9.17) is 23.2 Å². The molecule has 0 atom stereocenters. The van der Waals surface area contributed by atoms with E-state index >= 15 is 0 Å². The normalized spacial score (nSPS) is 16.5. The molecule has 0 fully saturated rings. The van der Waals surface area contributed by atoms with E-state index in [1.54, 1.807) is 4.90 Å². The van der Waals surface area contributed by atoms with Crippen LogP contribution in [0.5, 0.6) is 0 Å². The molecule has 1 heterocycles. The molecule has 0 saturated carbocycles. The Labute approximate surface area is 169 Å². The molecule has 27 heavy (non-hydrogen) atoms. The first kappa shape index (κ1) is 18.1. The molecule has 3 nitrogen and oxygen atoms in total. The van der Waals surface area contributed by atoms with Crippen LogP contribution < -0.4 is 10.2 Å². The maximum Gasteiger partial charge on any atom is 0.279 e. The number of carbonyl (C=O) groups is 1. The van der Waals surface area contributed by atoms with E-state index in [1.807, 2.05) is 50.2 Å². The van der Waals surface area contributed by atoms with Crippen molar-refractivity contribution in [1.29, 1.82) is 0 Å². The van der Waals surface area contributed by atoms with Crippen LogP contribution in [0.25, 0.3) is 0 Å². The fourth-order valence-corrected chi connectivity index (χ4v) is 3.87. The first-order chi connectivity index (χ1) is 13.0. The Bertz CT molecular complexity index is 1010. The van der Waals surface area contributed by atoms with Crippen molar-refractivity contribution in [3.63, 3.8) is 0 Å². The van der Waals surface area contributed by atoms with Crippen molar-refractivity contribution in [2.75, 3.05) is 10.2 Å². The van der Waals surface area contributed by atoms with Crippen LogP contribution in [0.1, 0.15) is 30.4 Å². The van der Waals surface area contributed by atoms with E-state index in [9.17, 15) is 4.79 Å². The number of aryl methyl sites for hydroxylation is 2. The highest BCUT2D eigenvalue weighted by atomic mass is 35.5. The third kappa shape index (κ3) is 3.26. The van der Waals surface area contributed by atoms with Gasteiger partial charge in [0, 0.05) is 21.3 Å². The molecule has 0 bridgehead atoms. The number of fused-ring (bicyclic) bond motifs is 1. The van der Waals surface area contributed by atoms with Crippen LogP contribution in [0.15, 0.2) is 59.4 Å². The average Bonchev–Trinajstić information content (AvgIpc) is 2.93. The molecule has 1 amide bonds. The van der Waals surface area contributed by atoms with E-state index in [1.165, 1.54) is 0 Å². The van der Waals surface area contributed by atoms with Gasteiger partial charge >= 0.3 is 0 Å². The molecule has 1 aliphatic carbocycles. The Balaban J connectivity index is 1.74. The molecule has 2 aromatic rings. The van der Waals surface area contributed by atoms with Gasteiger partial charge in [0.25, 0.3) is 5.91 Å². The number of nitrogens with one attached hydrogen (secondary N) is 1. The summed E-state index contributed by atoms with van der Waals surface area (Å²) in [6.45, 7) is 3.91. The minimum absolute atomic E-state index is 0.0604. The van der Waals surface area contributed by atoms with Crippen molar-refractivity contribution in [3.05, 3.63) is 80.6 Å². The van der Waals surface area contributed by atoms with Crippen molar-refractivity contribution in [2.45, 2.75) is 33.1 Å². The Morgan fingerprint density at radius 1 is 1.00 bits per heavy atom. The summed E-state index contributed by atoms with van der Waals surface area (Å²) in [5.41, 5.74) is 6.25. The topological polar surface area (TPSA) is 32.3 Å². The highest BCUT2D eigenvalue weighted by molar-refractivity contribution is 6.32. The van der Waals surface area contributed by atoms with Crippen LogP contribution >= 0.6 is 23.2 Å². The summed E-state index contributed by atoms with van der Waals surface area (Å²) in [5.74, 6) is -0.0604. The Morgan fingerprint density at radius 3 is 2.41 bits per heavy atom. The van der Waals surface area contributed by atoms with Crippen LogP contribution in [0, 0.1) is 13.8 Å². The monoisotopic (exact) mass is 398 g/mol. The van der Waals surface area contributed by atoms with E-state index < -0.39 is 0 Å². The number of hydrogen-bond donors (Lipinski definition) is 1. The molecule has 0 spiro atoms. The highest BCUT2D eigenvalue weighted by Crippen LogP contribution is 2.40. The summed E-state index contributed by atoms with van der Waals surface area (Å²) >= 11 is 12.6. The van der Waals surface area contributed by atoms with Gasteiger partial charge in [0.2, 0.25) is 0 Å². The molecule has 2 aromatic carbocycles. The van der Waals surface area contributed by atoms with Gasteiger partial charge in [0.1, 0.15) is 5.70 Å². The highest BCUT2D eigenvalue weighted by Gasteiger charge is 2.37. The van der Waals surface area contributed by atoms with Crippen LogP contribution in [-0.2, 0) is 4.79 Å². The first-order valence-electron chi connectivity index (χ1n) is 9.03. The van der Waals surface area contributed by atoms with Gasteiger partial charge < -0.3 is 5.32 Å². The molecule has 2 aliphatic rings. The predicted octanol–water partition coefficient (Wildman–Crippen LogP) is 6.39. The number of hydrogen-bond acceptors (Lipinski definition) is 2. The van der Waals surface area contributed by atoms with Crippen LogP contribution in [0.4, 0.5) is 11.4 Å². The Hall–Kier alpha value is -2.23. The Morgan fingerprint density at radius 2 is 1.70 bits per heavy atom. The molecular weight excluding hydrogens is 379 g/mol. The third-order valence-corrected chi connectivity index (χ3v) is 5.91. The number of anilines is 2. The van der Waals surface area contributed by atoms with E-state index in [-0.39, 0.29) is 5.91 Å². The molecule has 0 saturated heterocycles. The number of nitrogens with zero attached hydrogens (tertiary/aromatic N) is 1. The summed E-state index contributed by atoms with van der Waals surface area (Å²) < 4.78 is 0. The van der Waals surface area contributed by atoms with Gasteiger partial charge in [-0.1, -0.05) is 41.4 Å². The zero-order chi connectivity index (χ0) is 19.1. The predicted molar refractivity (Wildman–Crippen MR) is 112 cm³/mol. The quantitative estimate of drug-likeness (QED) is 0.649. The summed E-state index contributed by atoms with van der Waals surface area (Å²) in [6, 6.07) is 11.5. The lowest BCUT2D eigenvalue weighted by molar-refractivity contribution is -0.114. The second kappa shape index (κ2) is 7.06. The second-order valence-corrected chi connectivity index (χ2v) is 7.81. The van der Waals surface area contributed by atoms with Gasteiger partial charge in [0.15, 0.2) is 0 Å². The summed E-state index contributed by atoms with van der Waals surface area (Å²) in [5, 5.41) is 4.65. The van der Waals surface area contributed by atoms with Crippen molar-refractivity contribution in [1.82, 2.24) is 0 Å². The summed E-state index contributed by atoms with van der Waals surface area (Å²) in [6.07, 6.45) is 5.01. The smallest absolute Gasteiger partial charge is 0.279 e. The largest absolute Gasteiger partial charge is 0.351 e. The molecule has 1 aliphatic heterocycles. The minimum atomic E-state index is -0.0604. The van der Waals surface area contributed by atoms with Crippen molar-refractivity contribution >= 4 is 40.5 Å². The number of rotatable bonds is 3. The van der Waals surface area contributed by atoms with Gasteiger partial charge in [-0.15, -0.1) is 0 Å². The standard InChI is InChI=1S/C22H20Cl2N2O/c1-13-7-9-15(11-18(13)23)25-21-17-5-3-4-6-20(17)26(22(21)27)16-10-8-14(2)19(24)12-16/h6-12,25H,3-5H2,1-2H3. The van der Waals surface area contributed by atoms with Crippen molar-refractivity contribution in [3.8, 4) is 0 Å². The average molecular weight is 399 g/mol. The van der Waals surface area contributed by atoms with Gasteiger partial charge in [-0.05, 0) is 68.5 Å². The molecule has 4 rings (SSSR count). The van der Waals surface area contributed by atoms with Gasteiger partial charge in [-0.2, -0.15) is 0 Å². The zero-order valence-corrected chi connectivity index (χ0v) is 16.8. The summed E-state index contributed by atoms with van der Waals surface area (Å²) in [4.78, 5) is 15.1. The molecule has 0 radical (unpaired) electrons. The van der Waals surface area contributed by atoms with Crippen molar-refractivity contribution < 1.29 is 4.79 Å². The number of halogens is 2. The molecule has 0 aromatic heterocycles. The molecular formula is C22H20Cl2N2O. The Kier molecular flexibility index (Phi) is 4.75. The number of benzene rings is 2. The fourth-order valence-electron chi connectivity index (χ4n) is 3.52. The SMILES string of the molecule is Cc1ccc(NC2=C3CCCC=C3N(c3ccc(C)c(Cl)c3)C2=O)cc1Cl. The van der Waals surface area contributed by atoms with E-state index in [0.29, 0.717) is 15.7 Å². The van der Waals surface area contributed by atoms with E-state index in [2.05, 4.69) is 11.4 Å². The first-order valence-corrected chi connectivity index (χ1v) is 9.79. The number of carbonyl (C=O) groups excluding carboxylic acids is 1. The lowest BCUT2D eigenvalue weighted by Crippen LogP contribution is -2.27. The summed E-state index contributed by atoms with van der Waals surface area (Å²) in [7, 11) is 0. The van der Waals surface area contributed by atoms with Crippen LogP contribution in [0.3, 0.4) is 0 Å². The number of amides is 1. The van der Waals surface area contributed by atoms with Gasteiger partial charge in [0.05, 0.1) is 11.4 Å². The lowest BCUT2D eigenvalue weighted by Gasteiger charge is -2.22. The molecule has 5 heteroatoms. The lowest BCUT2D eigenvalue weighted by atomic mass is 9.98. The fraction of sp³-hybridized carbons (Fsp3) is 0.227. The van der Waals surface area contributed by atoms with Crippen LogP contribution in [-0.4, -0.2) is 5.91 Å². The molecule has 1 N–H and O–H groups in total. The second-order valence-electron chi connectivity index (χ2n) is 7.00. The maximum atomic E-state index is 13.3. The molecule has 0 unspecified atom stereocenters. The van der Waals surface area contributed by atoms with Gasteiger partial charge in [-0.3, -0.25) is 9.69 Å². The number of allylic oxidation sites excluding steroid dienone is 2. The van der Waals surface area contributed by atoms with E-state index in [0.717, 1.165) is 53.0 Å². The van der Waals surface area contributed by atoms with Crippen LogP contribution in [0.2, 0.25) is 10.0 Å². The van der Waals surface area contributed by atoms with Gasteiger partial charge in [-0.25, -0.2) is 0 Å². The minimum Gasteiger partial charge on any atom is -0.351 e.